The predicted octanol–water partition coefficient (Wildman–Crippen LogP) is 1.72. The van der Waals surface area contributed by atoms with Crippen LogP contribution in [0.3, 0.4) is 0 Å². The number of halogens is 1. The van der Waals surface area contributed by atoms with Gasteiger partial charge in [0.05, 0.1) is 0 Å². The highest BCUT2D eigenvalue weighted by atomic mass is 35.5. The van der Waals surface area contributed by atoms with Crippen molar-refractivity contribution in [2.24, 2.45) is 0 Å². The number of amides is 1. The molecule has 0 aliphatic heterocycles. The fourth-order valence-corrected chi connectivity index (χ4v) is 1.73. The van der Waals surface area contributed by atoms with Crippen molar-refractivity contribution in [3.63, 3.8) is 0 Å². The summed E-state index contributed by atoms with van der Waals surface area (Å²) in [7, 11) is -0.916. The van der Waals surface area contributed by atoms with E-state index in [2.05, 4.69) is 5.32 Å². The van der Waals surface area contributed by atoms with Crippen molar-refractivity contribution in [3.8, 4) is 0 Å². The topological polar surface area (TPSA) is 46.2 Å². The van der Waals surface area contributed by atoms with Gasteiger partial charge in [-0.05, 0) is 17.7 Å². The minimum absolute atomic E-state index is 0.0786. The Hall–Kier alpha value is -0.870. The zero-order chi connectivity index (χ0) is 12.0. The quantitative estimate of drug-likeness (QED) is 0.875. The first kappa shape index (κ1) is 13.2. The van der Waals surface area contributed by atoms with Gasteiger partial charge in [-0.15, -0.1) is 0 Å². The molecule has 0 aromatic heterocycles. The minimum Gasteiger partial charge on any atom is -0.352 e. The van der Waals surface area contributed by atoms with Gasteiger partial charge in [-0.1, -0.05) is 23.7 Å². The van der Waals surface area contributed by atoms with Gasteiger partial charge in [0.2, 0.25) is 5.91 Å². The molecule has 0 fully saturated rings. The molecule has 1 aromatic rings. The molecule has 0 heterocycles. The third-order valence-electron chi connectivity index (χ3n) is 2.02. The summed E-state index contributed by atoms with van der Waals surface area (Å²) in [6.45, 7) is 0.479. The molecule has 88 valence electrons. The zero-order valence-electron chi connectivity index (χ0n) is 9.03. The summed E-state index contributed by atoms with van der Waals surface area (Å²) in [5.74, 6) is 0.331. The van der Waals surface area contributed by atoms with Crippen molar-refractivity contribution < 1.29 is 9.00 Å². The van der Waals surface area contributed by atoms with Gasteiger partial charge in [0.1, 0.15) is 0 Å². The highest BCUT2D eigenvalue weighted by Crippen LogP contribution is 2.09. The smallest absolute Gasteiger partial charge is 0.221 e. The van der Waals surface area contributed by atoms with Gasteiger partial charge < -0.3 is 5.32 Å². The molecule has 3 nitrogen and oxygen atoms in total. The fraction of sp³-hybridized carbons (Fsp3) is 0.364. The molecule has 0 unspecified atom stereocenters. The molecule has 0 spiro atoms. The Morgan fingerprint density at radius 2 is 2.00 bits per heavy atom. The third-order valence-corrected chi connectivity index (χ3v) is 3.05. The maximum atomic E-state index is 11.3. The van der Waals surface area contributed by atoms with Crippen molar-refractivity contribution >= 4 is 28.3 Å². The SMILES string of the molecule is C[S@](=O)CCC(=O)NCc1ccc(Cl)cc1. The maximum Gasteiger partial charge on any atom is 0.221 e. The summed E-state index contributed by atoms with van der Waals surface area (Å²) >= 11 is 5.74. The zero-order valence-corrected chi connectivity index (χ0v) is 10.6. The Labute approximate surface area is 103 Å². The number of hydrogen-bond donors (Lipinski definition) is 1. The molecule has 1 N–H and O–H groups in total. The number of carbonyl (C=O) groups is 1. The normalized spacial score (nSPS) is 12.1. The Morgan fingerprint density at radius 3 is 2.56 bits per heavy atom. The van der Waals surface area contributed by atoms with Crippen LogP contribution in [0, 0.1) is 0 Å². The second-order valence-electron chi connectivity index (χ2n) is 3.43. The monoisotopic (exact) mass is 259 g/mol. The van der Waals surface area contributed by atoms with Crippen LogP contribution in [0.25, 0.3) is 0 Å². The molecule has 1 rings (SSSR count). The molecule has 0 saturated carbocycles. The number of benzene rings is 1. The maximum absolute atomic E-state index is 11.3. The third kappa shape index (κ3) is 5.28. The lowest BCUT2D eigenvalue weighted by atomic mass is 10.2. The van der Waals surface area contributed by atoms with E-state index in [0.29, 0.717) is 23.7 Å². The average Bonchev–Trinajstić information content (AvgIpc) is 2.25. The van der Waals surface area contributed by atoms with Gasteiger partial charge in [0, 0.05) is 40.8 Å². The van der Waals surface area contributed by atoms with Crippen LogP contribution in [-0.2, 0) is 22.1 Å². The van der Waals surface area contributed by atoms with E-state index in [1.54, 1.807) is 18.4 Å². The Morgan fingerprint density at radius 1 is 1.38 bits per heavy atom. The summed E-state index contributed by atoms with van der Waals surface area (Å²) < 4.78 is 10.8. The van der Waals surface area contributed by atoms with E-state index >= 15 is 0 Å². The number of rotatable bonds is 5. The highest BCUT2D eigenvalue weighted by molar-refractivity contribution is 7.84. The molecule has 0 aliphatic carbocycles. The number of nitrogens with one attached hydrogen (secondary N) is 1. The molecule has 1 amide bonds. The van der Waals surface area contributed by atoms with E-state index in [0.717, 1.165) is 5.56 Å². The summed E-state index contributed by atoms with van der Waals surface area (Å²) in [5, 5.41) is 3.43. The van der Waals surface area contributed by atoms with Crippen LogP contribution in [0.4, 0.5) is 0 Å². The summed E-state index contributed by atoms with van der Waals surface area (Å²) in [5.41, 5.74) is 0.996. The minimum atomic E-state index is -0.916. The van der Waals surface area contributed by atoms with E-state index in [1.807, 2.05) is 12.1 Å². The van der Waals surface area contributed by atoms with Gasteiger partial charge in [-0.3, -0.25) is 9.00 Å². The Balaban J connectivity index is 2.31. The lowest BCUT2D eigenvalue weighted by Gasteiger charge is -2.04. The number of carbonyl (C=O) groups excluding carboxylic acids is 1. The summed E-state index contributed by atoms with van der Waals surface area (Å²) in [4.78, 5) is 11.3. The lowest BCUT2D eigenvalue weighted by Crippen LogP contribution is -2.24. The van der Waals surface area contributed by atoms with Crippen LogP contribution >= 0.6 is 11.6 Å². The highest BCUT2D eigenvalue weighted by Gasteiger charge is 2.02. The Kier molecular flexibility index (Phi) is 5.49. The van der Waals surface area contributed by atoms with Crippen molar-refractivity contribution in [1.82, 2.24) is 5.32 Å². The van der Waals surface area contributed by atoms with Gasteiger partial charge in [0.15, 0.2) is 0 Å². The second-order valence-corrected chi connectivity index (χ2v) is 5.42. The van der Waals surface area contributed by atoms with Gasteiger partial charge in [-0.25, -0.2) is 0 Å². The standard InChI is InChI=1S/C11H14ClNO2S/c1-16(15)7-6-11(14)13-8-9-2-4-10(12)5-3-9/h2-5H,6-8H2,1H3,(H,13,14)/t16-/m0/s1. The molecule has 0 radical (unpaired) electrons. The van der Waals surface area contributed by atoms with E-state index in [1.165, 1.54) is 0 Å². The second kappa shape index (κ2) is 6.66. The van der Waals surface area contributed by atoms with Crippen LogP contribution in [0.15, 0.2) is 24.3 Å². The average molecular weight is 260 g/mol. The van der Waals surface area contributed by atoms with Crippen molar-refractivity contribution in [2.45, 2.75) is 13.0 Å². The first-order valence-corrected chi connectivity index (χ1v) is 6.99. The molecule has 16 heavy (non-hydrogen) atoms. The first-order valence-electron chi connectivity index (χ1n) is 4.89. The molecular weight excluding hydrogens is 246 g/mol. The molecule has 1 aromatic carbocycles. The van der Waals surface area contributed by atoms with Crippen molar-refractivity contribution in [1.29, 1.82) is 0 Å². The van der Waals surface area contributed by atoms with Gasteiger partial charge in [-0.2, -0.15) is 0 Å². The molecule has 0 aliphatic rings. The molecule has 1 atom stereocenters. The molecule has 5 heteroatoms. The summed E-state index contributed by atoms with van der Waals surface area (Å²) in [6.07, 6.45) is 1.89. The van der Waals surface area contributed by atoms with Crippen molar-refractivity contribution in [2.75, 3.05) is 12.0 Å². The van der Waals surface area contributed by atoms with E-state index < -0.39 is 10.8 Å². The lowest BCUT2D eigenvalue weighted by molar-refractivity contribution is -0.120. The largest absolute Gasteiger partial charge is 0.352 e. The van der Waals surface area contributed by atoms with Crippen LogP contribution in [0.2, 0.25) is 5.02 Å². The van der Waals surface area contributed by atoms with Crippen LogP contribution in [-0.4, -0.2) is 22.1 Å². The van der Waals surface area contributed by atoms with Crippen LogP contribution < -0.4 is 5.32 Å². The van der Waals surface area contributed by atoms with Crippen LogP contribution in [0.1, 0.15) is 12.0 Å². The predicted molar refractivity (Wildman–Crippen MR) is 66.8 cm³/mol. The van der Waals surface area contributed by atoms with Gasteiger partial charge in [0.25, 0.3) is 0 Å². The van der Waals surface area contributed by atoms with E-state index in [-0.39, 0.29) is 5.91 Å². The summed E-state index contributed by atoms with van der Waals surface area (Å²) in [6, 6.07) is 7.29. The molecular formula is C11H14ClNO2S. The first-order chi connectivity index (χ1) is 7.58. The van der Waals surface area contributed by atoms with E-state index in [4.69, 9.17) is 11.6 Å². The van der Waals surface area contributed by atoms with Crippen LogP contribution in [0.5, 0.6) is 0 Å². The van der Waals surface area contributed by atoms with E-state index in [9.17, 15) is 9.00 Å². The van der Waals surface area contributed by atoms with Gasteiger partial charge >= 0.3 is 0 Å². The molecule has 0 saturated heterocycles. The number of hydrogen-bond acceptors (Lipinski definition) is 2. The van der Waals surface area contributed by atoms with Crippen molar-refractivity contribution in [3.05, 3.63) is 34.9 Å². The fourth-order valence-electron chi connectivity index (χ4n) is 1.13. The molecule has 0 bridgehead atoms. The Bertz CT molecular complexity index is 378.